The molecule has 1 aliphatic rings. The van der Waals surface area contributed by atoms with Crippen LogP contribution in [0.3, 0.4) is 0 Å². The van der Waals surface area contributed by atoms with Crippen LogP contribution in [0.5, 0.6) is 0 Å². The van der Waals surface area contributed by atoms with E-state index in [4.69, 9.17) is 0 Å². The predicted molar refractivity (Wildman–Crippen MR) is 62.4 cm³/mol. The maximum absolute atomic E-state index is 4.44. The highest BCUT2D eigenvalue weighted by atomic mass is 127. The van der Waals surface area contributed by atoms with E-state index in [9.17, 15) is 0 Å². The highest BCUT2D eigenvalue weighted by Gasteiger charge is 2.19. The quantitative estimate of drug-likeness (QED) is 0.604. The molecule has 3 heteroatoms. The summed E-state index contributed by atoms with van der Waals surface area (Å²) in [6.45, 7) is 3.29. The molecule has 2 rings (SSSR count). The Morgan fingerprint density at radius 3 is 3.31 bits per heavy atom. The van der Waals surface area contributed by atoms with E-state index in [1.54, 1.807) is 0 Å². The molecule has 0 aromatic carbocycles. The number of alkyl halides is 1. The second-order valence-corrected chi connectivity index (χ2v) is 5.44. The first-order valence-electron chi connectivity index (χ1n) is 4.99. The van der Waals surface area contributed by atoms with Gasteiger partial charge >= 0.3 is 0 Å². The van der Waals surface area contributed by atoms with E-state index in [2.05, 4.69) is 45.5 Å². The normalized spacial score (nSPS) is 21.5. The van der Waals surface area contributed by atoms with Crippen LogP contribution in [-0.2, 0) is 19.4 Å². The molecule has 0 aliphatic heterocycles. The summed E-state index contributed by atoms with van der Waals surface area (Å²) < 4.78 is 3.02. The summed E-state index contributed by atoms with van der Waals surface area (Å²) in [5, 5.41) is 4.44. The molecule has 1 aromatic heterocycles. The lowest BCUT2D eigenvalue weighted by Crippen LogP contribution is -2.15. The van der Waals surface area contributed by atoms with Crippen molar-refractivity contribution >= 4 is 22.6 Å². The molecule has 0 N–H and O–H groups in total. The minimum atomic E-state index is 0.823. The van der Waals surface area contributed by atoms with Gasteiger partial charge in [-0.2, -0.15) is 5.10 Å². The minimum absolute atomic E-state index is 0.823. The van der Waals surface area contributed by atoms with E-state index in [-0.39, 0.29) is 0 Å². The molecule has 2 nitrogen and oxygen atoms in total. The van der Waals surface area contributed by atoms with Crippen molar-refractivity contribution in [3.8, 4) is 0 Å². The number of aromatic nitrogens is 2. The first kappa shape index (κ1) is 9.49. The molecule has 13 heavy (non-hydrogen) atoms. The number of fused-ring (bicyclic) bond motifs is 1. The van der Waals surface area contributed by atoms with Gasteiger partial charge in [-0.15, -0.1) is 0 Å². The monoisotopic (exact) mass is 290 g/mol. The first-order chi connectivity index (χ1) is 6.31. The van der Waals surface area contributed by atoms with E-state index < -0.39 is 0 Å². The minimum Gasteiger partial charge on any atom is -0.269 e. The van der Waals surface area contributed by atoms with Crippen molar-refractivity contribution in [1.82, 2.24) is 9.78 Å². The average molecular weight is 290 g/mol. The van der Waals surface area contributed by atoms with Crippen LogP contribution in [0.25, 0.3) is 0 Å². The molecule has 0 saturated heterocycles. The van der Waals surface area contributed by atoms with Gasteiger partial charge in [0.05, 0.1) is 6.20 Å². The zero-order valence-electron chi connectivity index (χ0n) is 7.96. The molecule has 1 aliphatic carbocycles. The van der Waals surface area contributed by atoms with Gasteiger partial charge in [-0.05, 0) is 31.2 Å². The van der Waals surface area contributed by atoms with Crippen LogP contribution in [0.1, 0.15) is 31.0 Å². The highest BCUT2D eigenvalue weighted by molar-refractivity contribution is 14.1. The predicted octanol–water partition coefficient (Wildman–Crippen LogP) is 2.59. The van der Waals surface area contributed by atoms with Crippen molar-refractivity contribution in [3.05, 3.63) is 17.5 Å². The second kappa shape index (κ2) is 3.98. The highest BCUT2D eigenvalue weighted by Crippen LogP contribution is 2.25. The van der Waals surface area contributed by atoms with E-state index >= 15 is 0 Å². The van der Waals surface area contributed by atoms with Gasteiger partial charge in [-0.1, -0.05) is 29.5 Å². The van der Waals surface area contributed by atoms with E-state index in [0.29, 0.717) is 0 Å². The standard InChI is InChI=1S/C10H15IN2/c1-2-5-13-10-4-3-9(11)6-8(10)7-12-13/h7,9H,2-6H2,1H3. The average Bonchev–Trinajstić information content (AvgIpc) is 2.49. The van der Waals surface area contributed by atoms with Gasteiger partial charge in [-0.3, -0.25) is 4.68 Å². The van der Waals surface area contributed by atoms with Crippen molar-refractivity contribution in [2.75, 3.05) is 0 Å². The van der Waals surface area contributed by atoms with Crippen LogP contribution in [0, 0.1) is 0 Å². The topological polar surface area (TPSA) is 17.8 Å². The molecule has 1 aromatic rings. The molecule has 0 spiro atoms. The molecule has 0 fully saturated rings. The van der Waals surface area contributed by atoms with Gasteiger partial charge in [0.2, 0.25) is 0 Å². The number of halogens is 1. The summed E-state index contributed by atoms with van der Waals surface area (Å²) in [7, 11) is 0. The Labute approximate surface area is 92.8 Å². The Morgan fingerprint density at radius 2 is 2.54 bits per heavy atom. The molecule has 0 amide bonds. The number of aryl methyl sites for hydroxylation is 1. The molecule has 1 heterocycles. The summed E-state index contributed by atoms with van der Waals surface area (Å²) >= 11 is 2.55. The smallest absolute Gasteiger partial charge is 0.0525 e. The Morgan fingerprint density at radius 1 is 1.69 bits per heavy atom. The van der Waals surface area contributed by atoms with Crippen molar-refractivity contribution in [2.24, 2.45) is 0 Å². The lowest BCUT2D eigenvalue weighted by atomic mass is 9.98. The number of hydrogen-bond donors (Lipinski definition) is 0. The van der Waals surface area contributed by atoms with Crippen LogP contribution in [0.4, 0.5) is 0 Å². The fraction of sp³-hybridized carbons (Fsp3) is 0.700. The summed E-state index contributed by atoms with van der Waals surface area (Å²) in [6, 6.07) is 0. The van der Waals surface area contributed by atoms with E-state index in [1.807, 2.05) is 0 Å². The summed E-state index contributed by atoms with van der Waals surface area (Å²) in [4.78, 5) is 0. The number of nitrogens with zero attached hydrogens (tertiary/aromatic N) is 2. The maximum atomic E-state index is 4.44. The van der Waals surface area contributed by atoms with Gasteiger partial charge in [0.1, 0.15) is 0 Å². The molecular formula is C10H15IN2. The lowest BCUT2D eigenvalue weighted by molar-refractivity contribution is 0.555. The van der Waals surface area contributed by atoms with Gasteiger partial charge in [0, 0.05) is 16.2 Å². The SMILES string of the molecule is CCCn1ncc2c1CCC(I)C2. The van der Waals surface area contributed by atoms with Crippen molar-refractivity contribution in [1.29, 1.82) is 0 Å². The Balaban J connectivity index is 2.23. The number of hydrogen-bond acceptors (Lipinski definition) is 1. The molecular weight excluding hydrogens is 275 g/mol. The lowest BCUT2D eigenvalue weighted by Gasteiger charge is -2.17. The number of rotatable bonds is 2. The zero-order valence-corrected chi connectivity index (χ0v) is 10.1. The summed E-state index contributed by atoms with van der Waals surface area (Å²) in [5.74, 6) is 0. The van der Waals surface area contributed by atoms with E-state index in [1.165, 1.54) is 36.9 Å². The second-order valence-electron chi connectivity index (χ2n) is 3.68. The van der Waals surface area contributed by atoms with Crippen LogP contribution < -0.4 is 0 Å². The van der Waals surface area contributed by atoms with Crippen LogP contribution in [0.2, 0.25) is 0 Å². The third-order valence-corrected chi connectivity index (χ3v) is 3.67. The van der Waals surface area contributed by atoms with Crippen molar-refractivity contribution in [3.63, 3.8) is 0 Å². The third kappa shape index (κ3) is 1.90. The zero-order chi connectivity index (χ0) is 9.26. The fourth-order valence-electron chi connectivity index (χ4n) is 1.95. The molecule has 1 atom stereocenters. The van der Waals surface area contributed by atoms with Crippen LogP contribution in [-0.4, -0.2) is 13.7 Å². The summed E-state index contributed by atoms with van der Waals surface area (Å²) in [5.41, 5.74) is 2.98. The Hall–Kier alpha value is -0.0600. The van der Waals surface area contributed by atoms with Crippen molar-refractivity contribution in [2.45, 2.75) is 43.1 Å². The molecule has 0 radical (unpaired) electrons. The maximum Gasteiger partial charge on any atom is 0.0525 e. The molecule has 1 unspecified atom stereocenters. The molecule has 0 bridgehead atoms. The van der Waals surface area contributed by atoms with Gasteiger partial charge in [-0.25, -0.2) is 0 Å². The molecule has 0 saturated carbocycles. The third-order valence-electron chi connectivity index (χ3n) is 2.61. The summed E-state index contributed by atoms with van der Waals surface area (Å²) in [6.07, 6.45) is 7.02. The largest absolute Gasteiger partial charge is 0.269 e. The van der Waals surface area contributed by atoms with Gasteiger partial charge in [0.25, 0.3) is 0 Å². The van der Waals surface area contributed by atoms with Crippen molar-refractivity contribution < 1.29 is 0 Å². The first-order valence-corrected chi connectivity index (χ1v) is 6.23. The van der Waals surface area contributed by atoms with Gasteiger partial charge < -0.3 is 0 Å². The Bertz CT molecular complexity index is 280. The van der Waals surface area contributed by atoms with Crippen LogP contribution >= 0.6 is 22.6 Å². The van der Waals surface area contributed by atoms with E-state index in [0.717, 1.165) is 10.5 Å². The van der Waals surface area contributed by atoms with Gasteiger partial charge in [0.15, 0.2) is 0 Å². The van der Waals surface area contributed by atoms with Crippen LogP contribution in [0.15, 0.2) is 6.20 Å². The molecule has 72 valence electrons. The Kier molecular flexibility index (Phi) is 2.91. The fourth-order valence-corrected chi connectivity index (χ4v) is 2.73.